The van der Waals surface area contributed by atoms with Crippen LogP contribution in [-0.2, 0) is 21.4 Å². The number of carbonyl (C=O) groups excluding carboxylic acids is 1. The fraction of sp³-hybridized carbons (Fsp3) is 0.269. The molecule has 1 N–H and O–H groups in total. The molecular formula is C26H30N2O5S2. The van der Waals surface area contributed by atoms with E-state index in [0.29, 0.717) is 30.4 Å². The highest BCUT2D eigenvalue weighted by Crippen LogP contribution is 2.33. The summed E-state index contributed by atoms with van der Waals surface area (Å²) in [6.45, 7) is 4.46. The molecule has 0 bridgehead atoms. The molecule has 3 aromatic rings. The quantitative estimate of drug-likeness (QED) is 0.352. The summed E-state index contributed by atoms with van der Waals surface area (Å²) in [5.74, 6) is 0.654. The number of sulfonamides is 1. The second kappa shape index (κ2) is 12.5. The summed E-state index contributed by atoms with van der Waals surface area (Å²) < 4.78 is 39.6. The van der Waals surface area contributed by atoms with E-state index in [1.165, 1.54) is 11.8 Å². The van der Waals surface area contributed by atoms with E-state index in [9.17, 15) is 13.2 Å². The molecule has 0 saturated carbocycles. The van der Waals surface area contributed by atoms with Crippen molar-refractivity contribution < 1.29 is 22.7 Å². The van der Waals surface area contributed by atoms with Gasteiger partial charge in [-0.2, -0.15) is 0 Å². The molecule has 0 saturated heterocycles. The fourth-order valence-corrected chi connectivity index (χ4v) is 5.25. The number of thioether (sulfide) groups is 1. The average molecular weight is 515 g/mol. The number of nitrogens with zero attached hydrogens (tertiary/aromatic N) is 1. The van der Waals surface area contributed by atoms with Crippen molar-refractivity contribution in [3.63, 3.8) is 0 Å². The Hall–Kier alpha value is -3.17. The second-order valence-corrected chi connectivity index (χ2v) is 10.2. The van der Waals surface area contributed by atoms with Crippen molar-refractivity contribution in [2.45, 2.75) is 30.2 Å². The van der Waals surface area contributed by atoms with Gasteiger partial charge >= 0.3 is 0 Å². The van der Waals surface area contributed by atoms with Gasteiger partial charge in [0.05, 0.1) is 23.8 Å². The van der Waals surface area contributed by atoms with Crippen LogP contribution in [0.2, 0.25) is 0 Å². The first kappa shape index (κ1) is 26.4. The van der Waals surface area contributed by atoms with Crippen LogP contribution >= 0.6 is 11.8 Å². The largest absolute Gasteiger partial charge is 0.494 e. The van der Waals surface area contributed by atoms with Gasteiger partial charge in [0.15, 0.2) is 0 Å². The molecule has 0 spiro atoms. The van der Waals surface area contributed by atoms with E-state index in [0.717, 1.165) is 14.8 Å². The third-order valence-corrected chi connectivity index (χ3v) is 7.59. The van der Waals surface area contributed by atoms with Crippen LogP contribution in [0.15, 0.2) is 82.6 Å². The monoisotopic (exact) mass is 514 g/mol. The van der Waals surface area contributed by atoms with Crippen LogP contribution in [0.1, 0.15) is 19.4 Å². The molecule has 3 aromatic carbocycles. The maximum atomic E-state index is 13.7. The molecule has 9 heteroatoms. The Morgan fingerprint density at radius 3 is 2.34 bits per heavy atom. The summed E-state index contributed by atoms with van der Waals surface area (Å²) in [5, 5.41) is 2.82. The molecule has 0 heterocycles. The topological polar surface area (TPSA) is 84.9 Å². The van der Waals surface area contributed by atoms with Crippen LogP contribution in [0, 0.1) is 0 Å². The van der Waals surface area contributed by atoms with Crippen molar-refractivity contribution in [3.05, 3.63) is 78.4 Å². The molecule has 0 atom stereocenters. The number of rotatable bonds is 12. The molecule has 0 radical (unpaired) electrons. The lowest BCUT2D eigenvalue weighted by Gasteiger charge is -2.26. The van der Waals surface area contributed by atoms with E-state index in [-0.39, 0.29) is 11.4 Å². The predicted octanol–water partition coefficient (Wildman–Crippen LogP) is 4.72. The second-order valence-electron chi connectivity index (χ2n) is 7.45. The van der Waals surface area contributed by atoms with Crippen molar-refractivity contribution in [2.75, 3.05) is 30.3 Å². The lowest BCUT2D eigenvalue weighted by molar-refractivity contribution is -0.119. The standard InChI is InChI=1S/C26H30N2O5S2/c1-4-32-21-10-8-9-20(17-21)18-27-26(29)19-28(24-11-6-7-12-25(24)33-5-2)35(30,31)23-15-13-22(34-3)14-16-23/h6-17H,4-5,18-19H2,1-3H3,(H,27,29). The van der Waals surface area contributed by atoms with Gasteiger partial charge < -0.3 is 14.8 Å². The van der Waals surface area contributed by atoms with Crippen LogP contribution in [-0.4, -0.2) is 40.3 Å². The summed E-state index contributed by atoms with van der Waals surface area (Å²) in [6, 6.07) is 20.8. The number of amides is 1. The van der Waals surface area contributed by atoms with E-state index in [2.05, 4.69) is 5.32 Å². The third kappa shape index (κ3) is 6.93. The van der Waals surface area contributed by atoms with Gasteiger partial charge in [-0.3, -0.25) is 9.10 Å². The fourth-order valence-electron chi connectivity index (χ4n) is 3.41. The van der Waals surface area contributed by atoms with E-state index < -0.39 is 22.5 Å². The minimum Gasteiger partial charge on any atom is -0.494 e. The number of ether oxygens (including phenoxy) is 2. The highest BCUT2D eigenvalue weighted by molar-refractivity contribution is 7.98. The summed E-state index contributed by atoms with van der Waals surface area (Å²) in [4.78, 5) is 14.0. The minimum atomic E-state index is -4.05. The van der Waals surface area contributed by atoms with Crippen LogP contribution in [0.3, 0.4) is 0 Å². The molecule has 0 aliphatic carbocycles. The zero-order valence-electron chi connectivity index (χ0n) is 20.1. The summed E-state index contributed by atoms with van der Waals surface area (Å²) >= 11 is 1.52. The number of hydrogen-bond donors (Lipinski definition) is 1. The van der Waals surface area contributed by atoms with Crippen LogP contribution in [0.4, 0.5) is 5.69 Å². The van der Waals surface area contributed by atoms with E-state index in [1.807, 2.05) is 44.4 Å². The highest BCUT2D eigenvalue weighted by Gasteiger charge is 2.29. The molecule has 186 valence electrons. The van der Waals surface area contributed by atoms with Crippen molar-refractivity contribution in [3.8, 4) is 11.5 Å². The molecule has 3 rings (SSSR count). The van der Waals surface area contributed by atoms with Crippen LogP contribution < -0.4 is 19.1 Å². The summed E-state index contributed by atoms with van der Waals surface area (Å²) in [6.07, 6.45) is 1.92. The zero-order valence-corrected chi connectivity index (χ0v) is 21.7. The Balaban J connectivity index is 1.88. The first-order chi connectivity index (χ1) is 16.9. The Labute approximate surface area is 211 Å². The number of anilines is 1. The van der Waals surface area contributed by atoms with Gasteiger partial charge in [-0.15, -0.1) is 11.8 Å². The lowest BCUT2D eigenvalue weighted by Crippen LogP contribution is -2.40. The Morgan fingerprint density at radius 1 is 0.943 bits per heavy atom. The first-order valence-electron chi connectivity index (χ1n) is 11.3. The normalized spacial score (nSPS) is 11.1. The van der Waals surface area contributed by atoms with Crippen LogP contribution in [0.5, 0.6) is 11.5 Å². The molecule has 0 unspecified atom stereocenters. The molecule has 0 fully saturated rings. The number of para-hydroxylation sites is 2. The van der Waals surface area contributed by atoms with Gasteiger partial charge in [0.1, 0.15) is 18.0 Å². The highest BCUT2D eigenvalue weighted by atomic mass is 32.2. The van der Waals surface area contributed by atoms with Gasteiger partial charge in [-0.25, -0.2) is 8.42 Å². The maximum absolute atomic E-state index is 13.7. The Kier molecular flexibility index (Phi) is 9.45. The summed E-state index contributed by atoms with van der Waals surface area (Å²) in [7, 11) is -4.05. The van der Waals surface area contributed by atoms with Gasteiger partial charge in [-0.1, -0.05) is 24.3 Å². The minimum absolute atomic E-state index is 0.0961. The molecule has 0 aliphatic heterocycles. The zero-order chi connectivity index (χ0) is 25.3. The number of nitrogens with one attached hydrogen (secondary N) is 1. The molecule has 7 nitrogen and oxygen atoms in total. The Morgan fingerprint density at radius 2 is 1.66 bits per heavy atom. The molecule has 0 aromatic heterocycles. The number of benzene rings is 3. The van der Waals surface area contributed by atoms with Crippen molar-refractivity contribution in [2.24, 2.45) is 0 Å². The van der Waals surface area contributed by atoms with Gasteiger partial charge in [0, 0.05) is 11.4 Å². The van der Waals surface area contributed by atoms with E-state index in [4.69, 9.17) is 9.47 Å². The van der Waals surface area contributed by atoms with Gasteiger partial charge in [0.25, 0.3) is 10.0 Å². The summed E-state index contributed by atoms with van der Waals surface area (Å²) in [5.41, 5.74) is 1.15. The maximum Gasteiger partial charge on any atom is 0.264 e. The third-order valence-electron chi connectivity index (χ3n) is 5.07. The predicted molar refractivity (Wildman–Crippen MR) is 140 cm³/mol. The number of carbonyl (C=O) groups is 1. The van der Waals surface area contributed by atoms with Crippen molar-refractivity contribution >= 4 is 33.4 Å². The molecule has 35 heavy (non-hydrogen) atoms. The first-order valence-corrected chi connectivity index (χ1v) is 13.9. The van der Waals surface area contributed by atoms with Gasteiger partial charge in [-0.05, 0) is 74.2 Å². The molecule has 0 aliphatic rings. The van der Waals surface area contributed by atoms with Crippen molar-refractivity contribution in [1.82, 2.24) is 5.32 Å². The average Bonchev–Trinajstić information content (AvgIpc) is 2.87. The Bertz CT molecular complexity index is 1230. The smallest absolute Gasteiger partial charge is 0.264 e. The molecule has 1 amide bonds. The van der Waals surface area contributed by atoms with Crippen LogP contribution in [0.25, 0.3) is 0 Å². The van der Waals surface area contributed by atoms with Gasteiger partial charge in [0.2, 0.25) is 5.91 Å². The lowest BCUT2D eigenvalue weighted by atomic mass is 10.2. The van der Waals surface area contributed by atoms with Crippen molar-refractivity contribution in [1.29, 1.82) is 0 Å². The van der Waals surface area contributed by atoms with E-state index >= 15 is 0 Å². The SMILES string of the molecule is CCOc1cccc(CNC(=O)CN(c2ccccc2OCC)S(=O)(=O)c2ccc(SC)cc2)c1. The van der Waals surface area contributed by atoms with E-state index in [1.54, 1.807) is 48.5 Å². The number of hydrogen-bond acceptors (Lipinski definition) is 6. The molecular weight excluding hydrogens is 484 g/mol.